The van der Waals surface area contributed by atoms with Crippen LogP contribution in [0.5, 0.6) is 11.5 Å². The van der Waals surface area contributed by atoms with Gasteiger partial charge in [-0.3, -0.25) is 9.59 Å². The minimum atomic E-state index is -0.815. The highest BCUT2D eigenvalue weighted by Gasteiger charge is 2.19. The summed E-state index contributed by atoms with van der Waals surface area (Å²) >= 11 is 0. The number of hydrogen-bond donors (Lipinski definition) is 2. The molecule has 1 aromatic carbocycles. The normalized spacial score (nSPS) is 14.4. The molecule has 1 amide bonds. The van der Waals surface area contributed by atoms with Gasteiger partial charge < -0.3 is 19.9 Å². The molecule has 0 atom stereocenters. The molecule has 1 aliphatic rings. The van der Waals surface area contributed by atoms with Crippen molar-refractivity contribution in [3.05, 3.63) is 23.8 Å². The maximum Gasteiger partial charge on any atom is 0.303 e. The summed E-state index contributed by atoms with van der Waals surface area (Å²) in [5, 5.41) is 11.4. The van der Waals surface area contributed by atoms with Crippen LogP contribution in [0.4, 0.5) is 0 Å². The Bertz CT molecular complexity index is 567. The fraction of sp³-hybridized carbons (Fsp3) is 0.556. The van der Waals surface area contributed by atoms with Gasteiger partial charge in [-0.25, -0.2) is 0 Å². The van der Waals surface area contributed by atoms with Crippen LogP contribution in [0, 0.1) is 0 Å². The zero-order valence-corrected chi connectivity index (χ0v) is 14.0. The number of amides is 1. The number of hydrogen-bond acceptors (Lipinski definition) is 4. The zero-order chi connectivity index (χ0) is 17.4. The van der Waals surface area contributed by atoms with E-state index in [-0.39, 0.29) is 18.4 Å². The van der Waals surface area contributed by atoms with Crippen molar-refractivity contribution in [2.24, 2.45) is 0 Å². The van der Waals surface area contributed by atoms with Gasteiger partial charge in [0.1, 0.15) is 0 Å². The quantitative estimate of drug-likeness (QED) is 0.678. The number of carbonyl (C=O) groups is 2. The molecule has 1 aliphatic carbocycles. The predicted octanol–water partition coefficient (Wildman–Crippen LogP) is 3.00. The third kappa shape index (κ3) is 5.44. The number of carboxylic acid groups (broad SMARTS) is 1. The van der Waals surface area contributed by atoms with E-state index in [0.717, 1.165) is 12.8 Å². The van der Waals surface area contributed by atoms with Gasteiger partial charge >= 0.3 is 5.97 Å². The molecule has 6 heteroatoms. The van der Waals surface area contributed by atoms with Crippen LogP contribution in [-0.4, -0.2) is 36.7 Å². The number of nitrogens with one attached hydrogen (secondary N) is 1. The van der Waals surface area contributed by atoms with Crippen LogP contribution in [-0.2, 0) is 4.79 Å². The van der Waals surface area contributed by atoms with Crippen molar-refractivity contribution < 1.29 is 24.2 Å². The van der Waals surface area contributed by atoms with Crippen LogP contribution in [0.2, 0.25) is 0 Å². The topological polar surface area (TPSA) is 84.9 Å². The van der Waals surface area contributed by atoms with Crippen LogP contribution < -0.4 is 14.8 Å². The first-order valence-electron chi connectivity index (χ1n) is 8.45. The summed E-state index contributed by atoms with van der Waals surface area (Å²) in [6.45, 7) is 0.455. The highest BCUT2D eigenvalue weighted by molar-refractivity contribution is 5.94. The van der Waals surface area contributed by atoms with E-state index in [0.29, 0.717) is 36.4 Å². The molecular formula is C18H25NO5. The highest BCUT2D eigenvalue weighted by atomic mass is 16.5. The summed E-state index contributed by atoms with van der Waals surface area (Å²) in [5.74, 6) is 0.220. The minimum absolute atomic E-state index is 0.123. The number of aliphatic carboxylic acids is 1. The van der Waals surface area contributed by atoms with Crippen molar-refractivity contribution in [3.63, 3.8) is 0 Å². The monoisotopic (exact) mass is 335 g/mol. The third-order valence-corrected chi connectivity index (χ3v) is 4.12. The van der Waals surface area contributed by atoms with Gasteiger partial charge in [0.15, 0.2) is 11.5 Å². The minimum Gasteiger partial charge on any atom is -0.493 e. The van der Waals surface area contributed by atoms with E-state index in [4.69, 9.17) is 14.6 Å². The molecule has 6 nitrogen and oxygen atoms in total. The fourth-order valence-corrected chi connectivity index (χ4v) is 2.80. The van der Waals surface area contributed by atoms with Crippen molar-refractivity contribution in [1.82, 2.24) is 5.32 Å². The van der Waals surface area contributed by atoms with Gasteiger partial charge in [-0.05, 0) is 56.7 Å². The molecule has 0 bridgehead atoms. The number of rotatable bonds is 9. The summed E-state index contributed by atoms with van der Waals surface area (Å²) in [7, 11) is 1.58. The van der Waals surface area contributed by atoms with Gasteiger partial charge in [0.2, 0.25) is 0 Å². The number of benzene rings is 1. The second-order valence-corrected chi connectivity index (χ2v) is 6.00. The zero-order valence-electron chi connectivity index (χ0n) is 14.0. The lowest BCUT2D eigenvalue weighted by atomic mass is 10.1. The maximum absolute atomic E-state index is 12.2. The Balaban J connectivity index is 1.91. The van der Waals surface area contributed by atoms with Gasteiger partial charge in [0, 0.05) is 18.5 Å². The van der Waals surface area contributed by atoms with Crippen LogP contribution >= 0.6 is 0 Å². The van der Waals surface area contributed by atoms with E-state index in [1.807, 2.05) is 0 Å². The second-order valence-electron chi connectivity index (χ2n) is 6.00. The second kappa shape index (κ2) is 9.15. The first-order chi connectivity index (χ1) is 11.6. The molecule has 0 spiro atoms. The van der Waals surface area contributed by atoms with Gasteiger partial charge in [0.25, 0.3) is 5.91 Å². The van der Waals surface area contributed by atoms with E-state index in [9.17, 15) is 9.59 Å². The standard InChI is InChI=1S/C18H25NO5/c1-23-15-10-9-13(12-16(15)24-14-6-2-3-7-14)18(22)19-11-5-4-8-17(20)21/h9-10,12,14H,2-8,11H2,1H3,(H,19,22)(H,20,21). The largest absolute Gasteiger partial charge is 0.493 e. The summed E-state index contributed by atoms with van der Waals surface area (Å²) < 4.78 is 11.3. The summed E-state index contributed by atoms with van der Waals surface area (Å²) in [6, 6.07) is 5.15. The Morgan fingerprint density at radius 2 is 1.96 bits per heavy atom. The van der Waals surface area contributed by atoms with Gasteiger partial charge in [-0.2, -0.15) is 0 Å². The molecule has 0 saturated heterocycles. The van der Waals surface area contributed by atoms with Crippen LogP contribution in [0.15, 0.2) is 18.2 Å². The summed E-state index contributed by atoms with van der Waals surface area (Å²) in [5.41, 5.74) is 0.516. The summed E-state index contributed by atoms with van der Waals surface area (Å²) in [6.07, 6.45) is 5.90. The van der Waals surface area contributed by atoms with E-state index >= 15 is 0 Å². The average molecular weight is 335 g/mol. The predicted molar refractivity (Wildman–Crippen MR) is 89.7 cm³/mol. The van der Waals surface area contributed by atoms with Crippen molar-refractivity contribution in [1.29, 1.82) is 0 Å². The average Bonchev–Trinajstić information content (AvgIpc) is 3.07. The first-order valence-corrected chi connectivity index (χ1v) is 8.45. The lowest BCUT2D eigenvalue weighted by Gasteiger charge is -2.16. The lowest BCUT2D eigenvalue weighted by Crippen LogP contribution is -2.24. The van der Waals surface area contributed by atoms with Gasteiger partial charge in [-0.15, -0.1) is 0 Å². The molecule has 132 valence electrons. The molecule has 0 aliphatic heterocycles. The van der Waals surface area contributed by atoms with Gasteiger partial charge in [0.05, 0.1) is 13.2 Å². The van der Waals surface area contributed by atoms with E-state index in [1.165, 1.54) is 12.8 Å². The summed E-state index contributed by atoms with van der Waals surface area (Å²) in [4.78, 5) is 22.7. The molecule has 0 unspecified atom stereocenters. The Morgan fingerprint density at radius 1 is 1.21 bits per heavy atom. The molecule has 1 aromatic rings. The Morgan fingerprint density at radius 3 is 2.62 bits per heavy atom. The van der Waals surface area contributed by atoms with Crippen molar-refractivity contribution in [2.45, 2.75) is 51.0 Å². The SMILES string of the molecule is COc1ccc(C(=O)NCCCCC(=O)O)cc1OC1CCCC1. The number of unbranched alkanes of at least 4 members (excludes halogenated alkanes) is 1. The van der Waals surface area contributed by atoms with E-state index in [1.54, 1.807) is 25.3 Å². The smallest absolute Gasteiger partial charge is 0.303 e. The van der Waals surface area contributed by atoms with Crippen LogP contribution in [0.1, 0.15) is 55.3 Å². The Kier molecular flexibility index (Phi) is 6.90. The number of carbonyl (C=O) groups excluding carboxylic acids is 1. The molecule has 24 heavy (non-hydrogen) atoms. The molecule has 0 radical (unpaired) electrons. The van der Waals surface area contributed by atoms with Gasteiger partial charge in [-0.1, -0.05) is 0 Å². The number of ether oxygens (including phenoxy) is 2. The van der Waals surface area contributed by atoms with Crippen molar-refractivity contribution in [2.75, 3.05) is 13.7 Å². The molecular weight excluding hydrogens is 310 g/mol. The molecule has 1 fully saturated rings. The molecule has 0 heterocycles. The van der Waals surface area contributed by atoms with E-state index < -0.39 is 5.97 Å². The molecule has 0 aromatic heterocycles. The third-order valence-electron chi connectivity index (χ3n) is 4.12. The lowest BCUT2D eigenvalue weighted by molar-refractivity contribution is -0.137. The Labute approximate surface area is 142 Å². The van der Waals surface area contributed by atoms with E-state index in [2.05, 4.69) is 5.32 Å². The van der Waals surface area contributed by atoms with Crippen LogP contribution in [0.25, 0.3) is 0 Å². The highest BCUT2D eigenvalue weighted by Crippen LogP contribution is 2.32. The van der Waals surface area contributed by atoms with Crippen LogP contribution in [0.3, 0.4) is 0 Å². The fourth-order valence-electron chi connectivity index (χ4n) is 2.80. The van der Waals surface area contributed by atoms with Crippen molar-refractivity contribution in [3.8, 4) is 11.5 Å². The maximum atomic E-state index is 12.2. The molecule has 2 rings (SSSR count). The Hall–Kier alpha value is -2.24. The molecule has 2 N–H and O–H groups in total. The molecule has 1 saturated carbocycles. The number of methoxy groups -OCH3 is 1. The number of carboxylic acids is 1. The van der Waals surface area contributed by atoms with Crippen molar-refractivity contribution >= 4 is 11.9 Å². The first kappa shape index (κ1) is 18.1.